The molecule has 11 heteroatoms. The van der Waals surface area contributed by atoms with Crippen LogP contribution < -0.4 is 16.4 Å². The summed E-state index contributed by atoms with van der Waals surface area (Å²) in [5, 5.41) is 6.17. The minimum atomic E-state index is -1.20. The Kier molecular flexibility index (Phi) is 11.0. The van der Waals surface area contributed by atoms with Gasteiger partial charge in [-0.1, -0.05) is 35.9 Å². The van der Waals surface area contributed by atoms with Gasteiger partial charge in [-0.25, -0.2) is 4.39 Å². The van der Waals surface area contributed by atoms with Crippen molar-refractivity contribution in [3.8, 4) is 0 Å². The van der Waals surface area contributed by atoms with Gasteiger partial charge in [-0.2, -0.15) is 0 Å². The van der Waals surface area contributed by atoms with Crippen molar-refractivity contribution in [2.45, 2.75) is 50.4 Å². The summed E-state index contributed by atoms with van der Waals surface area (Å²) < 4.78 is 19.0. The standard InChI is InChI=1S/C29H39ClFN5O4/c1-29(2,32)28(39)34-24(15-19-7-11-22(31)12-8-19)27(38)36-14-13-35(17-23(36)18-40-4)25(26(37)33-3)16-20-5-9-21(30)10-6-20/h5-12,23-25H,13-18,32H2,1-4H3,(H,33,37)(H,34,39). The molecule has 2 aromatic carbocycles. The Hall–Kier alpha value is -3.05. The number of likely N-dealkylation sites (N-methyl/N-ethyl adjacent to an activating group) is 1. The van der Waals surface area contributed by atoms with Gasteiger partial charge in [0.1, 0.15) is 11.9 Å². The van der Waals surface area contributed by atoms with Crippen LogP contribution in [-0.4, -0.2) is 91.6 Å². The van der Waals surface area contributed by atoms with Crippen molar-refractivity contribution in [1.29, 1.82) is 0 Å². The highest BCUT2D eigenvalue weighted by Crippen LogP contribution is 2.20. The van der Waals surface area contributed by atoms with E-state index in [9.17, 15) is 18.8 Å². The Bertz CT molecular complexity index is 1160. The number of nitrogens with one attached hydrogen (secondary N) is 2. The van der Waals surface area contributed by atoms with E-state index in [1.807, 2.05) is 12.1 Å². The highest BCUT2D eigenvalue weighted by molar-refractivity contribution is 6.30. The van der Waals surface area contributed by atoms with Gasteiger partial charge in [-0.05, 0) is 55.7 Å². The first kappa shape index (κ1) is 31.5. The topological polar surface area (TPSA) is 117 Å². The molecule has 3 unspecified atom stereocenters. The summed E-state index contributed by atoms with van der Waals surface area (Å²) in [6.07, 6.45) is 0.637. The number of nitrogens with two attached hydrogens (primary N) is 1. The van der Waals surface area contributed by atoms with Gasteiger partial charge in [0.15, 0.2) is 0 Å². The molecular formula is C29H39ClFN5O4. The summed E-state index contributed by atoms with van der Waals surface area (Å²) in [5.41, 5.74) is 6.46. The molecule has 1 fully saturated rings. The molecule has 1 aliphatic rings. The zero-order chi connectivity index (χ0) is 29.4. The van der Waals surface area contributed by atoms with Crippen molar-refractivity contribution in [3.63, 3.8) is 0 Å². The van der Waals surface area contributed by atoms with Crippen LogP contribution in [0.1, 0.15) is 25.0 Å². The first-order valence-corrected chi connectivity index (χ1v) is 13.6. The zero-order valence-electron chi connectivity index (χ0n) is 23.5. The number of methoxy groups -OCH3 is 1. The van der Waals surface area contributed by atoms with Crippen LogP contribution in [0, 0.1) is 5.82 Å². The minimum Gasteiger partial charge on any atom is -0.382 e. The van der Waals surface area contributed by atoms with E-state index in [0.29, 0.717) is 36.6 Å². The predicted molar refractivity (Wildman–Crippen MR) is 152 cm³/mol. The van der Waals surface area contributed by atoms with Crippen molar-refractivity contribution in [1.82, 2.24) is 20.4 Å². The molecule has 218 valence electrons. The van der Waals surface area contributed by atoms with Crippen molar-refractivity contribution < 1.29 is 23.5 Å². The van der Waals surface area contributed by atoms with Gasteiger partial charge in [-0.15, -0.1) is 0 Å². The van der Waals surface area contributed by atoms with Crippen LogP contribution in [-0.2, 0) is 32.0 Å². The lowest BCUT2D eigenvalue weighted by Crippen LogP contribution is -2.65. The number of amides is 3. The second-order valence-corrected chi connectivity index (χ2v) is 11.1. The van der Waals surface area contributed by atoms with E-state index >= 15 is 0 Å². The normalized spacial score (nSPS) is 17.7. The first-order chi connectivity index (χ1) is 18.9. The number of carbonyl (C=O) groups is 3. The smallest absolute Gasteiger partial charge is 0.245 e. The number of rotatable bonds is 11. The van der Waals surface area contributed by atoms with Gasteiger partial charge < -0.3 is 26.0 Å². The number of hydrogen-bond donors (Lipinski definition) is 3. The van der Waals surface area contributed by atoms with E-state index in [0.717, 1.165) is 5.56 Å². The van der Waals surface area contributed by atoms with Crippen LogP contribution in [0.5, 0.6) is 0 Å². The monoisotopic (exact) mass is 575 g/mol. The number of ether oxygens (including phenoxy) is 1. The molecule has 0 radical (unpaired) electrons. The van der Waals surface area contributed by atoms with Gasteiger partial charge in [0, 0.05) is 45.2 Å². The lowest BCUT2D eigenvalue weighted by Gasteiger charge is -2.45. The number of hydrogen-bond acceptors (Lipinski definition) is 6. The number of piperazine rings is 1. The molecule has 2 aromatic rings. The lowest BCUT2D eigenvalue weighted by atomic mass is 9.99. The van der Waals surface area contributed by atoms with Crippen LogP contribution in [0.15, 0.2) is 48.5 Å². The number of benzene rings is 2. The van der Waals surface area contributed by atoms with Crippen molar-refractivity contribution in [2.24, 2.45) is 5.73 Å². The van der Waals surface area contributed by atoms with Crippen LogP contribution in [0.3, 0.4) is 0 Å². The van der Waals surface area contributed by atoms with Gasteiger partial charge in [-0.3, -0.25) is 19.3 Å². The summed E-state index contributed by atoms with van der Waals surface area (Å²) in [4.78, 5) is 43.4. The largest absolute Gasteiger partial charge is 0.382 e. The molecule has 0 aromatic heterocycles. The molecule has 9 nitrogen and oxygen atoms in total. The van der Waals surface area contributed by atoms with Crippen LogP contribution >= 0.6 is 11.6 Å². The summed E-state index contributed by atoms with van der Waals surface area (Å²) >= 11 is 6.04. The quantitative estimate of drug-likeness (QED) is 0.376. The number of carbonyl (C=O) groups excluding carboxylic acids is 3. The maximum absolute atomic E-state index is 13.9. The maximum Gasteiger partial charge on any atom is 0.245 e. The van der Waals surface area contributed by atoms with Crippen molar-refractivity contribution in [2.75, 3.05) is 40.4 Å². The van der Waals surface area contributed by atoms with E-state index in [4.69, 9.17) is 22.1 Å². The fourth-order valence-electron chi connectivity index (χ4n) is 4.79. The molecule has 1 aliphatic heterocycles. The highest BCUT2D eigenvalue weighted by Gasteiger charge is 2.39. The zero-order valence-corrected chi connectivity index (χ0v) is 24.2. The van der Waals surface area contributed by atoms with Crippen LogP contribution in [0.25, 0.3) is 0 Å². The summed E-state index contributed by atoms with van der Waals surface area (Å²) in [5.74, 6) is -1.29. The Morgan fingerprint density at radius 3 is 2.25 bits per heavy atom. The number of halogens is 2. The second-order valence-electron chi connectivity index (χ2n) is 10.7. The summed E-state index contributed by atoms with van der Waals surface area (Å²) in [7, 11) is 3.16. The molecular weight excluding hydrogens is 537 g/mol. The summed E-state index contributed by atoms with van der Waals surface area (Å²) in [6, 6.07) is 11.4. The fraction of sp³-hybridized carbons (Fsp3) is 0.483. The average molecular weight is 576 g/mol. The average Bonchev–Trinajstić information content (AvgIpc) is 2.92. The van der Waals surface area contributed by atoms with E-state index < -0.39 is 23.5 Å². The molecule has 1 heterocycles. The Balaban J connectivity index is 1.83. The SMILES string of the molecule is CNC(=O)C(Cc1ccc(Cl)cc1)N1CCN(C(=O)C(Cc2ccc(F)cc2)NC(=O)C(C)(C)N)C(COC)C1. The Labute approximate surface area is 240 Å². The molecule has 3 rings (SSSR count). The molecule has 3 atom stereocenters. The van der Waals surface area contributed by atoms with Crippen molar-refractivity contribution in [3.05, 3.63) is 70.5 Å². The van der Waals surface area contributed by atoms with E-state index in [2.05, 4.69) is 15.5 Å². The fourth-order valence-corrected chi connectivity index (χ4v) is 4.91. The first-order valence-electron chi connectivity index (χ1n) is 13.3. The second kappa shape index (κ2) is 14.0. The third-order valence-corrected chi connectivity index (χ3v) is 7.28. The van der Waals surface area contributed by atoms with Crippen molar-refractivity contribution >= 4 is 29.3 Å². The lowest BCUT2D eigenvalue weighted by molar-refractivity contribution is -0.144. The predicted octanol–water partition coefficient (Wildman–Crippen LogP) is 1.76. The van der Waals surface area contributed by atoms with Crippen LogP contribution in [0.4, 0.5) is 4.39 Å². The third kappa shape index (κ3) is 8.47. The van der Waals surface area contributed by atoms with Crippen LogP contribution in [0.2, 0.25) is 5.02 Å². The molecule has 0 spiro atoms. The molecule has 1 saturated heterocycles. The van der Waals surface area contributed by atoms with Gasteiger partial charge in [0.05, 0.1) is 24.2 Å². The number of nitrogens with zero attached hydrogens (tertiary/aromatic N) is 2. The molecule has 40 heavy (non-hydrogen) atoms. The summed E-state index contributed by atoms with van der Waals surface area (Å²) in [6.45, 7) is 4.52. The minimum absolute atomic E-state index is 0.127. The molecule has 0 bridgehead atoms. The maximum atomic E-state index is 13.9. The molecule has 0 saturated carbocycles. The Morgan fingerprint density at radius 1 is 1.07 bits per heavy atom. The Morgan fingerprint density at radius 2 is 1.68 bits per heavy atom. The van der Waals surface area contributed by atoms with E-state index in [1.54, 1.807) is 57.2 Å². The molecule has 3 amide bonds. The van der Waals surface area contributed by atoms with Gasteiger partial charge in [0.25, 0.3) is 0 Å². The van der Waals surface area contributed by atoms with E-state index in [-0.39, 0.29) is 36.7 Å². The third-order valence-electron chi connectivity index (χ3n) is 7.03. The van der Waals surface area contributed by atoms with Gasteiger partial charge in [0.2, 0.25) is 17.7 Å². The molecule has 0 aliphatic carbocycles. The highest BCUT2D eigenvalue weighted by atomic mass is 35.5. The molecule has 4 N–H and O–H groups in total. The van der Waals surface area contributed by atoms with Gasteiger partial charge >= 0.3 is 0 Å². The van der Waals surface area contributed by atoms with E-state index in [1.165, 1.54) is 12.1 Å².